The van der Waals surface area contributed by atoms with Crippen LogP contribution >= 0.6 is 0 Å². The van der Waals surface area contributed by atoms with E-state index >= 15 is 0 Å². The number of aryl methyl sites for hydroxylation is 1. The minimum absolute atomic E-state index is 0.0823. The van der Waals surface area contributed by atoms with E-state index in [-0.39, 0.29) is 24.2 Å². The topological polar surface area (TPSA) is 96.5 Å². The number of anilines is 1. The van der Waals surface area contributed by atoms with Gasteiger partial charge in [-0.1, -0.05) is 30.3 Å². The van der Waals surface area contributed by atoms with Crippen LogP contribution < -0.4 is 20.9 Å². The van der Waals surface area contributed by atoms with Crippen LogP contribution in [0.15, 0.2) is 42.5 Å². The van der Waals surface area contributed by atoms with Crippen LogP contribution in [0.2, 0.25) is 0 Å². The van der Waals surface area contributed by atoms with Gasteiger partial charge in [0.25, 0.3) is 5.91 Å². The summed E-state index contributed by atoms with van der Waals surface area (Å²) in [5.74, 6) is -0.524. The lowest BCUT2D eigenvalue weighted by atomic mass is 9.89. The van der Waals surface area contributed by atoms with Crippen molar-refractivity contribution in [3.05, 3.63) is 59.2 Å². The van der Waals surface area contributed by atoms with Crippen LogP contribution in [0.1, 0.15) is 36.5 Å². The molecule has 0 bridgehead atoms. The second-order valence-corrected chi connectivity index (χ2v) is 7.58. The van der Waals surface area contributed by atoms with Gasteiger partial charge in [0.2, 0.25) is 11.8 Å². The van der Waals surface area contributed by atoms with E-state index in [1.807, 2.05) is 50.2 Å². The Hall–Kier alpha value is -3.35. The molecule has 0 spiro atoms. The summed E-state index contributed by atoms with van der Waals surface area (Å²) in [4.78, 5) is 36.6. The maximum atomic E-state index is 12.2. The fourth-order valence-corrected chi connectivity index (χ4v) is 3.34. The molecule has 3 N–H and O–H groups in total. The average Bonchev–Trinajstić information content (AvgIpc) is 2.73. The predicted molar refractivity (Wildman–Crippen MR) is 114 cm³/mol. The number of nitrogens with one attached hydrogen (secondary N) is 3. The average molecular weight is 409 g/mol. The number of hydrogen-bond acceptors (Lipinski definition) is 4. The standard InChI is InChI=1S/C23H27N3O4/c1-14-7-6-10-20(15(14)2)30-16(3)22(28)26-25-21(27)12-11-18-13-17-8-4-5-9-19(17)24-23(18)29/h4-10,16,18H,11-13H2,1-3H3,(H,24,29)(H,25,27)(H,26,28). The molecule has 3 amide bonds. The molecule has 2 aromatic rings. The Morgan fingerprint density at radius 1 is 1.13 bits per heavy atom. The Morgan fingerprint density at radius 2 is 1.90 bits per heavy atom. The van der Waals surface area contributed by atoms with Gasteiger partial charge in [0.1, 0.15) is 5.75 Å². The van der Waals surface area contributed by atoms with Crippen molar-refractivity contribution >= 4 is 23.4 Å². The third kappa shape index (κ3) is 5.17. The maximum Gasteiger partial charge on any atom is 0.279 e. The van der Waals surface area contributed by atoms with Crippen LogP contribution in [-0.2, 0) is 20.8 Å². The first kappa shape index (κ1) is 21.4. The van der Waals surface area contributed by atoms with E-state index in [0.29, 0.717) is 18.6 Å². The van der Waals surface area contributed by atoms with Gasteiger partial charge in [-0.2, -0.15) is 0 Å². The molecule has 2 aromatic carbocycles. The second kappa shape index (κ2) is 9.43. The van der Waals surface area contributed by atoms with E-state index < -0.39 is 12.0 Å². The summed E-state index contributed by atoms with van der Waals surface area (Å²) in [6.07, 6.45) is 0.359. The number of amides is 3. The van der Waals surface area contributed by atoms with Crippen LogP contribution in [0, 0.1) is 19.8 Å². The monoisotopic (exact) mass is 409 g/mol. The summed E-state index contributed by atoms with van der Waals surface area (Å²) >= 11 is 0. The molecule has 30 heavy (non-hydrogen) atoms. The third-order valence-corrected chi connectivity index (χ3v) is 5.39. The number of hydrazine groups is 1. The summed E-state index contributed by atoms with van der Waals surface area (Å²) in [6.45, 7) is 5.52. The molecular formula is C23H27N3O4. The van der Waals surface area contributed by atoms with Crippen molar-refractivity contribution in [1.29, 1.82) is 0 Å². The largest absolute Gasteiger partial charge is 0.481 e. The molecule has 0 aromatic heterocycles. The van der Waals surface area contributed by atoms with E-state index in [2.05, 4.69) is 16.2 Å². The first-order valence-electron chi connectivity index (χ1n) is 10.1. The van der Waals surface area contributed by atoms with Crippen molar-refractivity contribution in [2.75, 3.05) is 5.32 Å². The highest BCUT2D eigenvalue weighted by Gasteiger charge is 2.26. The zero-order chi connectivity index (χ0) is 21.7. The molecule has 3 rings (SSSR count). The number of para-hydroxylation sites is 1. The van der Waals surface area contributed by atoms with Gasteiger partial charge in [-0.3, -0.25) is 25.2 Å². The number of fused-ring (bicyclic) bond motifs is 1. The highest BCUT2D eigenvalue weighted by molar-refractivity contribution is 5.96. The van der Waals surface area contributed by atoms with Crippen LogP contribution in [-0.4, -0.2) is 23.8 Å². The van der Waals surface area contributed by atoms with Crippen molar-refractivity contribution in [3.8, 4) is 5.75 Å². The highest BCUT2D eigenvalue weighted by Crippen LogP contribution is 2.27. The molecule has 0 aliphatic carbocycles. The van der Waals surface area contributed by atoms with E-state index in [9.17, 15) is 14.4 Å². The Kier molecular flexibility index (Phi) is 6.72. The van der Waals surface area contributed by atoms with Gasteiger partial charge in [0.15, 0.2) is 6.10 Å². The zero-order valence-electron chi connectivity index (χ0n) is 17.5. The Bertz CT molecular complexity index is 957. The van der Waals surface area contributed by atoms with Gasteiger partial charge < -0.3 is 10.1 Å². The molecule has 7 nitrogen and oxygen atoms in total. The lowest BCUT2D eigenvalue weighted by Gasteiger charge is -2.24. The summed E-state index contributed by atoms with van der Waals surface area (Å²) in [5.41, 5.74) is 8.71. The quantitative estimate of drug-likeness (QED) is 0.639. The van der Waals surface area contributed by atoms with Gasteiger partial charge in [0.05, 0.1) is 0 Å². The number of benzene rings is 2. The number of hydrogen-bond donors (Lipinski definition) is 3. The zero-order valence-corrected chi connectivity index (χ0v) is 17.5. The minimum atomic E-state index is -0.772. The van der Waals surface area contributed by atoms with E-state index in [4.69, 9.17) is 4.74 Å². The van der Waals surface area contributed by atoms with Crippen molar-refractivity contribution in [2.45, 2.75) is 46.1 Å². The first-order chi connectivity index (χ1) is 14.3. The number of rotatable bonds is 6. The van der Waals surface area contributed by atoms with Crippen LogP contribution in [0.5, 0.6) is 5.75 Å². The first-order valence-corrected chi connectivity index (χ1v) is 10.1. The Morgan fingerprint density at radius 3 is 2.70 bits per heavy atom. The summed E-state index contributed by atoms with van der Waals surface area (Å²) in [7, 11) is 0. The Labute approximate surface area is 176 Å². The number of ether oxygens (including phenoxy) is 1. The molecule has 2 unspecified atom stereocenters. The molecule has 1 heterocycles. The predicted octanol–water partition coefficient (Wildman–Crippen LogP) is 2.81. The molecule has 1 aliphatic heterocycles. The van der Waals surface area contributed by atoms with E-state index in [0.717, 1.165) is 22.4 Å². The fraction of sp³-hybridized carbons (Fsp3) is 0.348. The smallest absolute Gasteiger partial charge is 0.279 e. The summed E-state index contributed by atoms with van der Waals surface area (Å²) in [5, 5.41) is 2.87. The van der Waals surface area contributed by atoms with Gasteiger partial charge in [-0.15, -0.1) is 0 Å². The summed E-state index contributed by atoms with van der Waals surface area (Å²) in [6, 6.07) is 13.3. The third-order valence-electron chi connectivity index (χ3n) is 5.39. The van der Waals surface area contributed by atoms with E-state index in [1.54, 1.807) is 13.0 Å². The maximum absolute atomic E-state index is 12.2. The van der Waals surface area contributed by atoms with Crippen molar-refractivity contribution in [2.24, 2.45) is 5.92 Å². The molecule has 158 valence electrons. The minimum Gasteiger partial charge on any atom is -0.481 e. The van der Waals surface area contributed by atoms with Gasteiger partial charge in [-0.05, 0) is 62.4 Å². The van der Waals surface area contributed by atoms with Crippen molar-refractivity contribution < 1.29 is 19.1 Å². The summed E-state index contributed by atoms with van der Waals surface area (Å²) < 4.78 is 5.71. The molecule has 0 saturated heterocycles. The molecule has 0 saturated carbocycles. The van der Waals surface area contributed by atoms with Gasteiger partial charge in [0, 0.05) is 18.0 Å². The molecule has 2 atom stereocenters. The van der Waals surface area contributed by atoms with Crippen LogP contribution in [0.25, 0.3) is 0 Å². The number of carbonyl (C=O) groups excluding carboxylic acids is 3. The molecular weight excluding hydrogens is 382 g/mol. The second-order valence-electron chi connectivity index (χ2n) is 7.58. The Balaban J connectivity index is 1.43. The molecule has 7 heteroatoms. The molecule has 0 radical (unpaired) electrons. The SMILES string of the molecule is Cc1cccc(OC(C)C(=O)NNC(=O)CCC2Cc3ccccc3NC2=O)c1C. The fourth-order valence-electron chi connectivity index (χ4n) is 3.34. The number of carbonyl (C=O) groups is 3. The lowest BCUT2D eigenvalue weighted by Crippen LogP contribution is -2.47. The van der Waals surface area contributed by atoms with Crippen LogP contribution in [0.4, 0.5) is 5.69 Å². The lowest BCUT2D eigenvalue weighted by molar-refractivity contribution is -0.133. The normalized spacial score (nSPS) is 16.1. The van der Waals surface area contributed by atoms with Crippen LogP contribution in [0.3, 0.4) is 0 Å². The van der Waals surface area contributed by atoms with Crippen molar-refractivity contribution in [3.63, 3.8) is 0 Å². The molecule has 0 fully saturated rings. The molecule has 1 aliphatic rings. The van der Waals surface area contributed by atoms with Gasteiger partial charge >= 0.3 is 0 Å². The van der Waals surface area contributed by atoms with Gasteiger partial charge in [-0.25, -0.2) is 0 Å². The highest BCUT2D eigenvalue weighted by atomic mass is 16.5. The van der Waals surface area contributed by atoms with Crippen molar-refractivity contribution in [1.82, 2.24) is 10.9 Å². The van der Waals surface area contributed by atoms with E-state index in [1.165, 1.54) is 0 Å².